The maximum absolute atomic E-state index is 2.62. The molecule has 1 aliphatic rings. The normalized spacial score (nSPS) is 15.8. The van der Waals surface area contributed by atoms with Crippen LogP contribution in [0.4, 0.5) is 0 Å². The predicted octanol–water partition coefficient (Wildman–Crippen LogP) is 10.4. The third-order valence-electron chi connectivity index (χ3n) is 7.62. The van der Waals surface area contributed by atoms with Crippen LogP contribution in [0.5, 0.6) is 0 Å². The Balaban J connectivity index is 1.94. The fraction of sp³-hybridized carbons (Fsp3) is 0.935. The lowest BCUT2D eigenvalue weighted by atomic mass is 10.1. The summed E-state index contributed by atoms with van der Waals surface area (Å²) in [5.41, 5.74) is 0. The zero-order valence-corrected chi connectivity index (χ0v) is 23.3. The number of hydrogen-bond donors (Lipinski definition) is 0. The highest BCUT2D eigenvalue weighted by Gasteiger charge is 2.23. The van der Waals surface area contributed by atoms with E-state index in [4.69, 9.17) is 0 Å². The zero-order valence-electron chi connectivity index (χ0n) is 23.3. The minimum Gasteiger partial charge on any atom is -0.356 e. The minimum atomic E-state index is 0.622. The molecular formula is C31H62N2. The SMILES string of the molecule is CCCCCCCCCCCCCCN1C=CN(CCCCCCCCCCCC)C1CC. The summed E-state index contributed by atoms with van der Waals surface area (Å²) in [6.45, 7) is 9.47. The van der Waals surface area contributed by atoms with Gasteiger partial charge in [0.05, 0.1) is 0 Å². The Labute approximate surface area is 210 Å². The van der Waals surface area contributed by atoms with E-state index in [2.05, 4.69) is 43.0 Å². The van der Waals surface area contributed by atoms with Crippen molar-refractivity contribution >= 4 is 0 Å². The standard InChI is InChI=1S/C31H62N2/c1-4-7-9-11-13-15-17-18-20-22-24-26-28-33-30-29-32(31(33)6-3)27-25-23-21-19-16-14-12-10-8-5-2/h29-31H,4-28H2,1-3H3. The Morgan fingerprint density at radius 3 is 0.939 bits per heavy atom. The van der Waals surface area contributed by atoms with Crippen molar-refractivity contribution in [2.45, 2.75) is 175 Å². The highest BCUT2D eigenvalue weighted by Crippen LogP contribution is 2.21. The third-order valence-corrected chi connectivity index (χ3v) is 7.62. The summed E-state index contributed by atoms with van der Waals surface area (Å²) >= 11 is 0. The average molecular weight is 463 g/mol. The van der Waals surface area contributed by atoms with Crippen LogP contribution in [0, 0.1) is 0 Å². The Morgan fingerprint density at radius 2 is 0.667 bits per heavy atom. The summed E-state index contributed by atoms with van der Waals surface area (Å²) in [6, 6.07) is 0. The van der Waals surface area contributed by atoms with Gasteiger partial charge < -0.3 is 9.80 Å². The predicted molar refractivity (Wildman–Crippen MR) is 150 cm³/mol. The summed E-state index contributed by atoms with van der Waals surface area (Å²) in [6.07, 6.45) is 38.1. The van der Waals surface area contributed by atoms with Crippen LogP contribution in [0.1, 0.15) is 168 Å². The molecule has 0 N–H and O–H groups in total. The van der Waals surface area contributed by atoms with Crippen LogP contribution in [-0.2, 0) is 0 Å². The Hall–Kier alpha value is -0.660. The van der Waals surface area contributed by atoms with Crippen molar-refractivity contribution in [3.63, 3.8) is 0 Å². The van der Waals surface area contributed by atoms with Crippen LogP contribution < -0.4 is 0 Å². The lowest BCUT2D eigenvalue weighted by Gasteiger charge is -2.32. The van der Waals surface area contributed by atoms with E-state index in [-0.39, 0.29) is 0 Å². The first-order valence-electron chi connectivity index (χ1n) is 15.5. The molecule has 0 aromatic carbocycles. The van der Waals surface area contributed by atoms with Crippen LogP contribution in [0.15, 0.2) is 12.4 Å². The van der Waals surface area contributed by atoms with E-state index in [0.29, 0.717) is 6.17 Å². The molecule has 0 saturated heterocycles. The molecular weight excluding hydrogens is 400 g/mol. The van der Waals surface area contributed by atoms with Crippen LogP contribution in [-0.4, -0.2) is 29.1 Å². The van der Waals surface area contributed by atoms with Gasteiger partial charge in [-0.2, -0.15) is 0 Å². The van der Waals surface area contributed by atoms with Crippen molar-refractivity contribution in [3.8, 4) is 0 Å². The molecule has 1 atom stereocenters. The smallest absolute Gasteiger partial charge is 0.100 e. The topological polar surface area (TPSA) is 6.48 Å². The van der Waals surface area contributed by atoms with E-state index in [1.807, 2.05) is 0 Å². The maximum Gasteiger partial charge on any atom is 0.100 e. The molecule has 0 spiro atoms. The Morgan fingerprint density at radius 1 is 0.394 bits per heavy atom. The molecule has 33 heavy (non-hydrogen) atoms. The molecule has 0 saturated carbocycles. The van der Waals surface area contributed by atoms with Crippen molar-refractivity contribution in [1.82, 2.24) is 9.80 Å². The number of rotatable bonds is 25. The van der Waals surface area contributed by atoms with Gasteiger partial charge in [-0.1, -0.05) is 149 Å². The Kier molecular flexibility index (Phi) is 21.3. The van der Waals surface area contributed by atoms with Crippen LogP contribution in [0.3, 0.4) is 0 Å². The molecule has 0 aromatic rings. The first-order valence-corrected chi connectivity index (χ1v) is 15.5. The quantitative estimate of drug-likeness (QED) is 0.124. The first kappa shape index (κ1) is 30.4. The summed E-state index contributed by atoms with van der Waals surface area (Å²) in [5.74, 6) is 0. The van der Waals surface area contributed by atoms with Gasteiger partial charge in [-0.05, 0) is 19.3 Å². The lowest BCUT2D eigenvalue weighted by molar-refractivity contribution is 0.144. The van der Waals surface area contributed by atoms with E-state index >= 15 is 0 Å². The fourth-order valence-electron chi connectivity index (χ4n) is 5.39. The molecule has 2 nitrogen and oxygen atoms in total. The second-order valence-electron chi connectivity index (χ2n) is 10.7. The summed E-state index contributed by atoms with van der Waals surface area (Å²) < 4.78 is 0. The Bertz CT molecular complexity index is 419. The molecule has 0 amide bonds. The highest BCUT2D eigenvalue weighted by atomic mass is 15.4. The molecule has 0 aliphatic carbocycles. The molecule has 196 valence electrons. The maximum atomic E-state index is 2.62. The summed E-state index contributed by atoms with van der Waals surface area (Å²) in [7, 11) is 0. The minimum absolute atomic E-state index is 0.622. The second kappa shape index (κ2) is 23.1. The molecule has 0 fully saturated rings. The third kappa shape index (κ3) is 16.6. The molecule has 1 unspecified atom stereocenters. The van der Waals surface area contributed by atoms with Gasteiger partial charge in [0, 0.05) is 25.5 Å². The second-order valence-corrected chi connectivity index (χ2v) is 10.7. The molecule has 0 aromatic heterocycles. The fourth-order valence-corrected chi connectivity index (χ4v) is 5.39. The van der Waals surface area contributed by atoms with E-state index in [9.17, 15) is 0 Å². The molecule has 1 heterocycles. The van der Waals surface area contributed by atoms with E-state index in [1.165, 1.54) is 161 Å². The van der Waals surface area contributed by atoms with Crippen LogP contribution in [0.2, 0.25) is 0 Å². The first-order chi connectivity index (χ1) is 16.3. The number of nitrogens with zero attached hydrogens (tertiary/aromatic N) is 2. The van der Waals surface area contributed by atoms with Crippen molar-refractivity contribution < 1.29 is 0 Å². The van der Waals surface area contributed by atoms with Gasteiger partial charge in [0.2, 0.25) is 0 Å². The van der Waals surface area contributed by atoms with E-state index in [1.54, 1.807) is 0 Å². The average Bonchev–Trinajstić information content (AvgIpc) is 3.22. The largest absolute Gasteiger partial charge is 0.356 e. The molecule has 1 rings (SSSR count). The molecule has 0 bridgehead atoms. The zero-order chi connectivity index (χ0) is 23.8. The lowest BCUT2D eigenvalue weighted by Crippen LogP contribution is -2.38. The summed E-state index contributed by atoms with van der Waals surface area (Å²) in [4.78, 5) is 5.23. The van der Waals surface area contributed by atoms with Crippen molar-refractivity contribution in [3.05, 3.63) is 12.4 Å². The van der Waals surface area contributed by atoms with E-state index in [0.717, 1.165) is 0 Å². The number of hydrogen-bond acceptors (Lipinski definition) is 2. The van der Waals surface area contributed by atoms with Crippen molar-refractivity contribution in [2.24, 2.45) is 0 Å². The highest BCUT2D eigenvalue weighted by molar-refractivity contribution is 4.96. The summed E-state index contributed by atoms with van der Waals surface area (Å²) in [5, 5.41) is 0. The van der Waals surface area contributed by atoms with Crippen LogP contribution >= 0.6 is 0 Å². The van der Waals surface area contributed by atoms with E-state index < -0.39 is 0 Å². The monoisotopic (exact) mass is 462 g/mol. The molecule has 1 aliphatic heterocycles. The number of unbranched alkanes of at least 4 members (excludes halogenated alkanes) is 20. The van der Waals surface area contributed by atoms with Gasteiger partial charge in [-0.3, -0.25) is 0 Å². The molecule has 2 heteroatoms. The van der Waals surface area contributed by atoms with Gasteiger partial charge in [0.15, 0.2) is 0 Å². The van der Waals surface area contributed by atoms with Gasteiger partial charge in [-0.25, -0.2) is 0 Å². The van der Waals surface area contributed by atoms with Gasteiger partial charge in [0.25, 0.3) is 0 Å². The van der Waals surface area contributed by atoms with Gasteiger partial charge in [-0.15, -0.1) is 0 Å². The van der Waals surface area contributed by atoms with Crippen LogP contribution in [0.25, 0.3) is 0 Å². The van der Waals surface area contributed by atoms with Crippen molar-refractivity contribution in [1.29, 1.82) is 0 Å². The van der Waals surface area contributed by atoms with Gasteiger partial charge >= 0.3 is 0 Å². The van der Waals surface area contributed by atoms with Gasteiger partial charge in [0.1, 0.15) is 6.17 Å². The van der Waals surface area contributed by atoms with Crippen molar-refractivity contribution in [2.75, 3.05) is 13.1 Å². The molecule has 0 radical (unpaired) electrons.